The number of carbonyl (C=O) groups is 3. The van der Waals surface area contributed by atoms with E-state index >= 15 is 0 Å². The normalized spacial score (nSPS) is 20.5. The van der Waals surface area contributed by atoms with Crippen LogP contribution >= 0.6 is 11.3 Å². The zero-order valence-electron chi connectivity index (χ0n) is 14.9. The van der Waals surface area contributed by atoms with E-state index in [1.54, 1.807) is 35.2 Å². The number of benzene rings is 1. The Hall–Kier alpha value is -3.07. The standard InChI is InChI=1S/C19H19N3O5S/c23-17(12-5-3-9-22(12)19(25)16-8-4-10-28-16)20-21-18(24)15-11-26-13-6-1-2-7-14(13)27-15/h1-2,4,6-8,10,12,15H,3,5,9,11H2,(H,20,23)(H,21,24). The summed E-state index contributed by atoms with van der Waals surface area (Å²) in [5.74, 6) is -0.0579. The summed E-state index contributed by atoms with van der Waals surface area (Å²) in [6, 6.07) is 9.98. The van der Waals surface area contributed by atoms with Gasteiger partial charge in [0, 0.05) is 6.54 Å². The Morgan fingerprint density at radius 3 is 2.61 bits per heavy atom. The van der Waals surface area contributed by atoms with Gasteiger partial charge in [0.15, 0.2) is 11.5 Å². The van der Waals surface area contributed by atoms with Gasteiger partial charge in [0.2, 0.25) is 6.10 Å². The number of hydrogen-bond donors (Lipinski definition) is 2. The van der Waals surface area contributed by atoms with Crippen LogP contribution in [0.3, 0.4) is 0 Å². The fraction of sp³-hybridized carbons (Fsp3) is 0.316. The van der Waals surface area contributed by atoms with Gasteiger partial charge in [-0.25, -0.2) is 0 Å². The lowest BCUT2D eigenvalue weighted by molar-refractivity contribution is -0.136. The lowest BCUT2D eigenvalue weighted by Gasteiger charge is -2.26. The van der Waals surface area contributed by atoms with E-state index in [4.69, 9.17) is 9.47 Å². The van der Waals surface area contributed by atoms with E-state index in [1.165, 1.54) is 11.3 Å². The number of carbonyl (C=O) groups excluding carboxylic acids is 3. The average molecular weight is 401 g/mol. The van der Waals surface area contributed by atoms with E-state index in [-0.39, 0.29) is 12.5 Å². The second kappa shape index (κ2) is 7.89. The summed E-state index contributed by atoms with van der Waals surface area (Å²) in [6.45, 7) is 0.560. The van der Waals surface area contributed by atoms with E-state index in [0.29, 0.717) is 29.3 Å². The summed E-state index contributed by atoms with van der Waals surface area (Å²) in [5.41, 5.74) is 4.79. The van der Waals surface area contributed by atoms with Crippen molar-refractivity contribution in [3.05, 3.63) is 46.7 Å². The molecule has 2 aliphatic rings. The Morgan fingerprint density at radius 1 is 1.04 bits per heavy atom. The molecule has 0 aliphatic carbocycles. The first-order chi connectivity index (χ1) is 13.6. The van der Waals surface area contributed by atoms with Crippen LogP contribution in [0.4, 0.5) is 0 Å². The molecule has 3 heterocycles. The van der Waals surface area contributed by atoms with Gasteiger partial charge < -0.3 is 14.4 Å². The topological polar surface area (TPSA) is 97.0 Å². The Kier molecular flexibility index (Phi) is 5.16. The Balaban J connectivity index is 1.32. The average Bonchev–Trinajstić information content (AvgIpc) is 3.43. The number of para-hydroxylation sites is 2. The number of rotatable bonds is 3. The number of hydrazine groups is 1. The van der Waals surface area contributed by atoms with Crippen molar-refractivity contribution in [2.45, 2.75) is 25.0 Å². The van der Waals surface area contributed by atoms with Crippen LogP contribution in [0.5, 0.6) is 11.5 Å². The van der Waals surface area contributed by atoms with Gasteiger partial charge in [-0.05, 0) is 36.4 Å². The van der Waals surface area contributed by atoms with E-state index in [2.05, 4.69) is 10.9 Å². The third-order valence-electron chi connectivity index (χ3n) is 4.66. The predicted molar refractivity (Wildman–Crippen MR) is 101 cm³/mol. The molecular weight excluding hydrogens is 382 g/mol. The molecule has 2 atom stereocenters. The molecule has 146 valence electrons. The molecule has 0 spiro atoms. The van der Waals surface area contributed by atoms with E-state index in [9.17, 15) is 14.4 Å². The first kappa shape index (κ1) is 18.3. The molecular formula is C19H19N3O5S. The van der Waals surface area contributed by atoms with Crippen molar-refractivity contribution in [3.63, 3.8) is 0 Å². The minimum Gasteiger partial charge on any atom is -0.485 e. The number of thiophene rings is 1. The number of hydrogen-bond acceptors (Lipinski definition) is 6. The van der Waals surface area contributed by atoms with Crippen molar-refractivity contribution in [1.29, 1.82) is 0 Å². The summed E-state index contributed by atoms with van der Waals surface area (Å²) in [4.78, 5) is 39.5. The molecule has 1 aromatic heterocycles. The third-order valence-corrected chi connectivity index (χ3v) is 5.52. The quantitative estimate of drug-likeness (QED) is 0.757. The van der Waals surface area contributed by atoms with Gasteiger partial charge in [-0.15, -0.1) is 11.3 Å². The number of ether oxygens (including phenoxy) is 2. The van der Waals surface area contributed by atoms with Crippen LogP contribution in [0.25, 0.3) is 0 Å². The summed E-state index contributed by atoms with van der Waals surface area (Å²) < 4.78 is 11.1. The van der Waals surface area contributed by atoms with Crippen molar-refractivity contribution >= 4 is 29.1 Å². The maximum atomic E-state index is 12.6. The highest BCUT2D eigenvalue weighted by molar-refractivity contribution is 7.12. The fourth-order valence-corrected chi connectivity index (χ4v) is 3.94. The molecule has 2 unspecified atom stereocenters. The highest BCUT2D eigenvalue weighted by Crippen LogP contribution is 2.30. The zero-order chi connectivity index (χ0) is 19.5. The summed E-state index contributed by atoms with van der Waals surface area (Å²) in [6.07, 6.45) is 0.414. The van der Waals surface area contributed by atoms with E-state index in [1.807, 2.05) is 11.4 Å². The highest BCUT2D eigenvalue weighted by Gasteiger charge is 2.35. The first-order valence-corrected chi connectivity index (χ1v) is 9.84. The molecule has 1 aromatic carbocycles. The number of amides is 3. The zero-order valence-corrected chi connectivity index (χ0v) is 15.7. The fourth-order valence-electron chi connectivity index (χ4n) is 3.26. The van der Waals surface area contributed by atoms with Gasteiger partial charge in [-0.1, -0.05) is 18.2 Å². The van der Waals surface area contributed by atoms with Crippen LogP contribution in [-0.4, -0.2) is 47.9 Å². The van der Waals surface area contributed by atoms with Gasteiger partial charge in [-0.2, -0.15) is 0 Å². The molecule has 9 heteroatoms. The van der Waals surface area contributed by atoms with Crippen molar-refractivity contribution in [2.75, 3.05) is 13.2 Å². The molecule has 2 aromatic rings. The molecule has 28 heavy (non-hydrogen) atoms. The van der Waals surface area contributed by atoms with Gasteiger partial charge in [0.1, 0.15) is 12.6 Å². The Morgan fingerprint density at radius 2 is 1.82 bits per heavy atom. The molecule has 1 fully saturated rings. The molecule has 8 nitrogen and oxygen atoms in total. The van der Waals surface area contributed by atoms with Crippen LogP contribution < -0.4 is 20.3 Å². The predicted octanol–water partition coefficient (Wildman–Crippen LogP) is 1.34. The smallest absolute Gasteiger partial charge is 0.283 e. The van der Waals surface area contributed by atoms with Crippen LogP contribution in [0.1, 0.15) is 22.5 Å². The van der Waals surface area contributed by atoms with Crippen molar-refractivity contribution < 1.29 is 23.9 Å². The van der Waals surface area contributed by atoms with Crippen LogP contribution in [0.2, 0.25) is 0 Å². The SMILES string of the molecule is O=C(NNC(=O)C1CCCN1C(=O)c1cccs1)C1COc2ccccc2O1. The molecule has 3 amide bonds. The summed E-state index contributed by atoms with van der Waals surface area (Å²) >= 11 is 1.34. The van der Waals surface area contributed by atoms with Crippen LogP contribution in [0, 0.1) is 0 Å². The molecule has 2 N–H and O–H groups in total. The number of nitrogens with zero attached hydrogens (tertiary/aromatic N) is 1. The largest absolute Gasteiger partial charge is 0.485 e. The number of nitrogens with one attached hydrogen (secondary N) is 2. The Labute approximate surface area is 165 Å². The van der Waals surface area contributed by atoms with Gasteiger partial charge in [-0.3, -0.25) is 25.2 Å². The molecule has 0 saturated carbocycles. The van der Waals surface area contributed by atoms with Crippen LogP contribution in [-0.2, 0) is 9.59 Å². The lowest BCUT2D eigenvalue weighted by Crippen LogP contribution is -2.55. The first-order valence-electron chi connectivity index (χ1n) is 8.96. The third kappa shape index (κ3) is 3.65. The van der Waals surface area contributed by atoms with Crippen LogP contribution in [0.15, 0.2) is 41.8 Å². The molecule has 2 aliphatic heterocycles. The van der Waals surface area contributed by atoms with Crippen molar-refractivity contribution in [3.8, 4) is 11.5 Å². The molecule has 1 saturated heterocycles. The second-order valence-corrected chi connectivity index (χ2v) is 7.42. The number of likely N-dealkylation sites (tertiary alicyclic amines) is 1. The van der Waals surface area contributed by atoms with E-state index < -0.39 is 24.0 Å². The van der Waals surface area contributed by atoms with Crippen molar-refractivity contribution in [2.24, 2.45) is 0 Å². The summed E-state index contributed by atoms with van der Waals surface area (Å²) in [5, 5.41) is 1.82. The van der Waals surface area contributed by atoms with Crippen molar-refractivity contribution in [1.82, 2.24) is 15.8 Å². The highest BCUT2D eigenvalue weighted by atomic mass is 32.1. The minimum atomic E-state index is -0.873. The van der Waals surface area contributed by atoms with Gasteiger partial charge in [0.25, 0.3) is 17.7 Å². The maximum absolute atomic E-state index is 12.6. The minimum absolute atomic E-state index is 0.0468. The van der Waals surface area contributed by atoms with Gasteiger partial charge in [0.05, 0.1) is 4.88 Å². The lowest BCUT2D eigenvalue weighted by atomic mass is 10.2. The summed E-state index contributed by atoms with van der Waals surface area (Å²) in [7, 11) is 0. The molecule has 4 rings (SSSR count). The molecule has 0 radical (unpaired) electrons. The monoisotopic (exact) mass is 401 g/mol. The second-order valence-electron chi connectivity index (χ2n) is 6.48. The van der Waals surface area contributed by atoms with Gasteiger partial charge >= 0.3 is 0 Å². The molecule has 0 bridgehead atoms. The number of fused-ring (bicyclic) bond motifs is 1. The maximum Gasteiger partial charge on any atom is 0.283 e. The van der Waals surface area contributed by atoms with E-state index in [0.717, 1.165) is 6.42 Å². The Bertz CT molecular complexity index is 885.